The largest absolute Gasteiger partial charge is 0.347 e. The van der Waals surface area contributed by atoms with Gasteiger partial charge in [-0.25, -0.2) is 4.98 Å². The Labute approximate surface area is 166 Å². The number of hydrogen-bond acceptors (Lipinski definition) is 5. The van der Waals surface area contributed by atoms with Crippen molar-refractivity contribution in [1.29, 1.82) is 0 Å². The summed E-state index contributed by atoms with van der Waals surface area (Å²) in [6, 6.07) is 8.51. The summed E-state index contributed by atoms with van der Waals surface area (Å²) >= 11 is 0. The lowest BCUT2D eigenvalue weighted by atomic mass is 10.1. The molecule has 0 aliphatic carbocycles. The van der Waals surface area contributed by atoms with Gasteiger partial charge in [0.05, 0.1) is 21.5 Å². The molecule has 0 saturated heterocycles. The van der Waals surface area contributed by atoms with Crippen LogP contribution in [0, 0.1) is 24.0 Å². The van der Waals surface area contributed by atoms with Crippen LogP contribution in [0.5, 0.6) is 0 Å². The summed E-state index contributed by atoms with van der Waals surface area (Å²) in [4.78, 5) is 31.2. The lowest BCUT2D eigenvalue weighted by molar-refractivity contribution is -0.384. The quantitative estimate of drug-likeness (QED) is 0.399. The van der Waals surface area contributed by atoms with Crippen LogP contribution in [0.1, 0.15) is 17.5 Å². The number of aryl methyl sites for hydroxylation is 3. The molecule has 0 atom stereocenters. The maximum Gasteiger partial charge on any atom is 0.275 e. The smallest absolute Gasteiger partial charge is 0.275 e. The Hall–Kier alpha value is -3.52. The molecule has 0 saturated carbocycles. The lowest BCUT2D eigenvalue weighted by Crippen LogP contribution is -2.11. The molecule has 4 rings (SSSR count). The molecular formula is C21H21N5O3. The van der Waals surface area contributed by atoms with E-state index < -0.39 is 4.92 Å². The van der Waals surface area contributed by atoms with E-state index in [0.717, 1.165) is 16.5 Å². The van der Waals surface area contributed by atoms with Crippen LogP contribution >= 0.6 is 0 Å². The third-order valence-corrected chi connectivity index (χ3v) is 5.24. The molecule has 8 heteroatoms. The number of nitrogens with one attached hydrogen (secondary N) is 1. The molecule has 2 aromatic heterocycles. The van der Waals surface area contributed by atoms with Gasteiger partial charge in [0, 0.05) is 35.8 Å². The number of aromatic nitrogens is 3. The Bertz CT molecular complexity index is 1320. The summed E-state index contributed by atoms with van der Waals surface area (Å²) in [7, 11) is 0. The number of rotatable bonds is 5. The molecule has 8 nitrogen and oxygen atoms in total. The van der Waals surface area contributed by atoms with Gasteiger partial charge in [0.2, 0.25) is 0 Å². The molecular weight excluding hydrogens is 370 g/mol. The summed E-state index contributed by atoms with van der Waals surface area (Å²) in [5.74, 6) is 0. The van der Waals surface area contributed by atoms with Crippen LogP contribution in [-0.2, 0) is 6.54 Å². The number of nitro benzene ring substituents is 1. The highest BCUT2D eigenvalue weighted by molar-refractivity contribution is 5.97. The van der Waals surface area contributed by atoms with Crippen molar-refractivity contribution in [2.75, 3.05) is 6.54 Å². The molecule has 148 valence electrons. The van der Waals surface area contributed by atoms with Gasteiger partial charge >= 0.3 is 0 Å². The number of nitrogens with zero attached hydrogens (tertiary/aromatic N) is 3. The van der Waals surface area contributed by atoms with E-state index in [9.17, 15) is 14.9 Å². The fourth-order valence-electron chi connectivity index (χ4n) is 3.56. The summed E-state index contributed by atoms with van der Waals surface area (Å²) in [6.45, 7) is 5.08. The minimum absolute atomic E-state index is 0.00243. The van der Waals surface area contributed by atoms with Crippen LogP contribution in [0.25, 0.3) is 33.2 Å². The van der Waals surface area contributed by atoms with Crippen molar-refractivity contribution in [3.05, 3.63) is 68.1 Å². The molecule has 0 bridgehead atoms. The van der Waals surface area contributed by atoms with Crippen LogP contribution in [0.2, 0.25) is 0 Å². The molecule has 29 heavy (non-hydrogen) atoms. The molecule has 2 heterocycles. The van der Waals surface area contributed by atoms with Crippen LogP contribution in [0.15, 0.2) is 41.3 Å². The first kappa shape index (κ1) is 18.8. The molecule has 0 unspecified atom stereocenters. The van der Waals surface area contributed by atoms with Gasteiger partial charge in [-0.15, -0.1) is 0 Å². The maximum absolute atomic E-state index is 12.8. The van der Waals surface area contributed by atoms with Gasteiger partial charge in [-0.05, 0) is 56.1 Å². The third-order valence-electron chi connectivity index (χ3n) is 5.24. The van der Waals surface area contributed by atoms with Gasteiger partial charge in [-0.1, -0.05) is 0 Å². The Morgan fingerprint density at radius 1 is 1.21 bits per heavy atom. The third kappa shape index (κ3) is 3.27. The van der Waals surface area contributed by atoms with Gasteiger partial charge in [-0.3, -0.25) is 14.9 Å². The van der Waals surface area contributed by atoms with Crippen molar-refractivity contribution in [3.8, 4) is 11.3 Å². The van der Waals surface area contributed by atoms with E-state index in [0.29, 0.717) is 47.3 Å². The minimum Gasteiger partial charge on any atom is -0.347 e. The van der Waals surface area contributed by atoms with Crippen molar-refractivity contribution in [2.24, 2.45) is 5.73 Å². The molecule has 4 aromatic rings. The SMILES string of the molecule is Cc1cc2nc(-c3cn(CCCN)c4cc([N+](=O)[O-])ccc34)c(=O)[nH]c2cc1C. The van der Waals surface area contributed by atoms with E-state index in [1.54, 1.807) is 6.07 Å². The van der Waals surface area contributed by atoms with Crippen molar-refractivity contribution in [2.45, 2.75) is 26.8 Å². The summed E-state index contributed by atoms with van der Waals surface area (Å²) in [6.07, 6.45) is 2.54. The van der Waals surface area contributed by atoms with Crippen LogP contribution in [0.4, 0.5) is 5.69 Å². The standard InChI is InChI=1S/C21H21N5O3/c1-12-8-17-18(9-13(12)2)24-21(27)20(23-17)16-11-25(7-3-6-22)19-10-14(26(28)29)4-5-15(16)19/h4-5,8-11H,3,6-7,22H2,1-2H3,(H,24,27). The van der Waals surface area contributed by atoms with Gasteiger partial charge in [0.25, 0.3) is 11.2 Å². The highest BCUT2D eigenvalue weighted by Crippen LogP contribution is 2.31. The lowest BCUT2D eigenvalue weighted by Gasteiger charge is -2.05. The fourth-order valence-corrected chi connectivity index (χ4v) is 3.56. The second-order valence-electron chi connectivity index (χ2n) is 7.21. The van der Waals surface area contributed by atoms with E-state index in [-0.39, 0.29) is 11.2 Å². The average Bonchev–Trinajstić information content (AvgIpc) is 3.05. The second-order valence-corrected chi connectivity index (χ2v) is 7.21. The number of benzene rings is 2. The highest BCUT2D eigenvalue weighted by atomic mass is 16.6. The van der Waals surface area contributed by atoms with Gasteiger partial charge < -0.3 is 15.3 Å². The van der Waals surface area contributed by atoms with Gasteiger partial charge in [-0.2, -0.15) is 0 Å². The van der Waals surface area contributed by atoms with Crippen molar-refractivity contribution >= 4 is 27.6 Å². The normalized spacial score (nSPS) is 11.4. The zero-order valence-electron chi connectivity index (χ0n) is 16.2. The molecule has 0 amide bonds. The number of fused-ring (bicyclic) bond motifs is 2. The van der Waals surface area contributed by atoms with Gasteiger partial charge in [0.1, 0.15) is 5.69 Å². The molecule has 0 radical (unpaired) electrons. The van der Waals surface area contributed by atoms with Crippen molar-refractivity contribution in [1.82, 2.24) is 14.5 Å². The van der Waals surface area contributed by atoms with Crippen LogP contribution < -0.4 is 11.3 Å². The number of nitrogens with two attached hydrogens (primary N) is 1. The van der Waals surface area contributed by atoms with Crippen molar-refractivity contribution in [3.63, 3.8) is 0 Å². The first-order valence-electron chi connectivity index (χ1n) is 9.38. The molecule has 0 fully saturated rings. The molecule has 0 spiro atoms. The Balaban J connectivity index is 1.97. The number of nitro groups is 1. The maximum atomic E-state index is 12.8. The van der Waals surface area contributed by atoms with E-state index >= 15 is 0 Å². The van der Waals surface area contributed by atoms with Crippen molar-refractivity contribution < 1.29 is 4.92 Å². The second kappa shape index (κ2) is 7.14. The predicted octanol–water partition coefficient (Wildman–Crippen LogP) is 3.42. The van der Waals surface area contributed by atoms with Gasteiger partial charge in [0.15, 0.2) is 0 Å². The number of H-pyrrole nitrogens is 1. The first-order chi connectivity index (χ1) is 13.9. The predicted molar refractivity (Wildman–Crippen MR) is 113 cm³/mol. The molecule has 0 aliphatic rings. The van der Waals surface area contributed by atoms with E-state index in [2.05, 4.69) is 9.97 Å². The topological polar surface area (TPSA) is 120 Å². The zero-order valence-corrected chi connectivity index (χ0v) is 16.2. The Morgan fingerprint density at radius 2 is 1.97 bits per heavy atom. The number of hydrogen-bond donors (Lipinski definition) is 2. The summed E-state index contributed by atoms with van der Waals surface area (Å²) < 4.78 is 1.90. The zero-order chi connectivity index (χ0) is 20.7. The molecule has 3 N–H and O–H groups in total. The monoisotopic (exact) mass is 391 g/mol. The van der Waals surface area contributed by atoms with Crippen LogP contribution in [-0.4, -0.2) is 26.0 Å². The Kier molecular flexibility index (Phi) is 4.63. The highest BCUT2D eigenvalue weighted by Gasteiger charge is 2.18. The van der Waals surface area contributed by atoms with E-state index in [1.807, 2.05) is 36.7 Å². The average molecular weight is 391 g/mol. The number of aromatic amines is 1. The summed E-state index contributed by atoms with van der Waals surface area (Å²) in [5, 5.41) is 12.0. The first-order valence-corrected chi connectivity index (χ1v) is 9.38. The minimum atomic E-state index is -0.425. The molecule has 0 aliphatic heterocycles. The number of non-ortho nitro benzene ring substituents is 1. The molecule has 2 aromatic carbocycles. The van der Waals surface area contributed by atoms with E-state index in [4.69, 9.17) is 5.73 Å². The van der Waals surface area contributed by atoms with E-state index in [1.165, 1.54) is 12.1 Å². The Morgan fingerprint density at radius 3 is 2.69 bits per heavy atom. The fraction of sp³-hybridized carbons (Fsp3) is 0.238. The van der Waals surface area contributed by atoms with Crippen LogP contribution in [0.3, 0.4) is 0 Å². The summed E-state index contributed by atoms with van der Waals surface area (Å²) in [5.41, 5.74) is 10.5.